The Labute approximate surface area is 97.0 Å². The van der Waals surface area contributed by atoms with Gasteiger partial charge in [-0.1, -0.05) is 6.92 Å². The number of rotatable bonds is 6. The highest BCUT2D eigenvalue weighted by atomic mass is 32.2. The molecule has 1 saturated heterocycles. The first-order valence-corrected chi connectivity index (χ1v) is 7.17. The molecule has 1 rings (SSSR count). The topological polar surface area (TPSA) is 32.3 Å². The van der Waals surface area contributed by atoms with Crippen molar-refractivity contribution in [2.24, 2.45) is 0 Å². The van der Waals surface area contributed by atoms with Crippen LogP contribution in [0.5, 0.6) is 0 Å². The van der Waals surface area contributed by atoms with E-state index in [0.717, 1.165) is 26.1 Å². The molecule has 1 heterocycles. The maximum absolute atomic E-state index is 11.8. The van der Waals surface area contributed by atoms with Crippen LogP contribution < -0.4 is 5.32 Å². The van der Waals surface area contributed by atoms with E-state index in [1.54, 1.807) is 11.8 Å². The minimum Gasteiger partial charge on any atom is -0.340 e. The molecule has 3 nitrogen and oxygen atoms in total. The number of hydrogen-bond donors (Lipinski definition) is 1. The van der Waals surface area contributed by atoms with E-state index in [1.807, 2.05) is 11.2 Å². The number of thioether (sulfide) groups is 1. The Morgan fingerprint density at radius 1 is 1.60 bits per heavy atom. The second-order valence-corrected chi connectivity index (χ2v) is 4.93. The van der Waals surface area contributed by atoms with Gasteiger partial charge in [-0.2, -0.15) is 11.8 Å². The highest BCUT2D eigenvalue weighted by Gasteiger charge is 2.20. The van der Waals surface area contributed by atoms with Crippen molar-refractivity contribution in [3.05, 3.63) is 0 Å². The first-order chi connectivity index (χ1) is 7.27. The molecule has 0 aliphatic carbocycles. The highest BCUT2D eigenvalue weighted by Crippen LogP contribution is 2.08. The van der Waals surface area contributed by atoms with E-state index in [4.69, 9.17) is 0 Å². The summed E-state index contributed by atoms with van der Waals surface area (Å²) in [5.41, 5.74) is 0. The zero-order valence-corrected chi connectivity index (χ0v) is 10.6. The molecule has 1 unspecified atom stereocenters. The van der Waals surface area contributed by atoms with Gasteiger partial charge >= 0.3 is 0 Å². The largest absolute Gasteiger partial charge is 0.340 e. The van der Waals surface area contributed by atoms with Gasteiger partial charge in [-0.3, -0.25) is 4.79 Å². The lowest BCUT2D eigenvalue weighted by atomic mass is 10.2. The molecule has 1 atom stereocenters. The van der Waals surface area contributed by atoms with Gasteiger partial charge in [0.05, 0.1) is 5.75 Å². The number of hydrogen-bond acceptors (Lipinski definition) is 3. The van der Waals surface area contributed by atoms with Crippen molar-refractivity contribution < 1.29 is 4.79 Å². The van der Waals surface area contributed by atoms with E-state index in [1.165, 1.54) is 12.8 Å². The Balaban J connectivity index is 2.37. The van der Waals surface area contributed by atoms with E-state index in [-0.39, 0.29) is 5.91 Å². The van der Waals surface area contributed by atoms with Crippen LogP contribution in [0.2, 0.25) is 0 Å². The molecule has 0 spiro atoms. The molecule has 15 heavy (non-hydrogen) atoms. The van der Waals surface area contributed by atoms with Crippen molar-refractivity contribution in [2.75, 3.05) is 31.6 Å². The second kappa shape index (κ2) is 7.12. The van der Waals surface area contributed by atoms with Crippen LogP contribution in [-0.4, -0.2) is 48.5 Å². The Bertz CT molecular complexity index is 193. The average molecular weight is 230 g/mol. The van der Waals surface area contributed by atoms with Crippen molar-refractivity contribution in [3.63, 3.8) is 0 Å². The Morgan fingerprint density at radius 3 is 2.93 bits per heavy atom. The molecule has 1 N–H and O–H groups in total. The summed E-state index contributed by atoms with van der Waals surface area (Å²) in [6, 6.07) is 0.530. The first kappa shape index (κ1) is 12.8. The van der Waals surface area contributed by atoms with Crippen LogP contribution in [0.1, 0.15) is 26.2 Å². The summed E-state index contributed by atoms with van der Waals surface area (Å²) >= 11 is 1.61. The van der Waals surface area contributed by atoms with E-state index in [0.29, 0.717) is 11.8 Å². The maximum atomic E-state index is 11.8. The third-order valence-electron chi connectivity index (χ3n) is 2.72. The molecule has 0 bridgehead atoms. The molecule has 0 saturated carbocycles. The molecule has 1 fully saturated rings. The van der Waals surface area contributed by atoms with Crippen molar-refractivity contribution in [3.8, 4) is 0 Å². The summed E-state index contributed by atoms with van der Waals surface area (Å²) in [7, 11) is 0. The van der Waals surface area contributed by atoms with Gasteiger partial charge in [0.2, 0.25) is 5.91 Å². The van der Waals surface area contributed by atoms with E-state index in [2.05, 4.69) is 12.2 Å². The lowest BCUT2D eigenvalue weighted by Crippen LogP contribution is -2.42. The van der Waals surface area contributed by atoms with Crippen LogP contribution in [0, 0.1) is 0 Å². The fourth-order valence-electron chi connectivity index (χ4n) is 1.98. The summed E-state index contributed by atoms with van der Waals surface area (Å²) in [5.74, 6) is 0.908. The first-order valence-electron chi connectivity index (χ1n) is 5.78. The molecule has 0 radical (unpaired) electrons. The normalized spacial score (nSPS) is 20.5. The average Bonchev–Trinajstić information content (AvgIpc) is 2.70. The predicted molar refractivity (Wildman–Crippen MR) is 66.3 cm³/mol. The smallest absolute Gasteiger partial charge is 0.232 e. The van der Waals surface area contributed by atoms with Gasteiger partial charge in [0.25, 0.3) is 0 Å². The van der Waals surface area contributed by atoms with Crippen LogP contribution in [0.3, 0.4) is 0 Å². The summed E-state index contributed by atoms with van der Waals surface area (Å²) in [6.45, 7) is 5.04. The summed E-state index contributed by atoms with van der Waals surface area (Å²) in [6.07, 6.45) is 5.50. The summed E-state index contributed by atoms with van der Waals surface area (Å²) < 4.78 is 0. The molecule has 88 valence electrons. The van der Waals surface area contributed by atoms with Crippen LogP contribution in [0.25, 0.3) is 0 Å². The molecule has 4 heteroatoms. The number of carbonyl (C=O) groups is 1. The van der Waals surface area contributed by atoms with Crippen molar-refractivity contribution in [1.29, 1.82) is 0 Å². The third-order valence-corrected chi connectivity index (χ3v) is 3.25. The maximum Gasteiger partial charge on any atom is 0.232 e. The Kier molecular flexibility index (Phi) is 6.10. The number of carbonyl (C=O) groups excluding carboxylic acids is 1. The Morgan fingerprint density at radius 2 is 2.40 bits per heavy atom. The van der Waals surface area contributed by atoms with Crippen molar-refractivity contribution in [2.45, 2.75) is 32.2 Å². The van der Waals surface area contributed by atoms with Crippen molar-refractivity contribution in [1.82, 2.24) is 10.2 Å². The Hall–Kier alpha value is -0.220. The van der Waals surface area contributed by atoms with Crippen LogP contribution >= 0.6 is 11.8 Å². The SMILES string of the molecule is CCCN(CC1CCCN1)C(=O)CSC. The predicted octanol–water partition coefficient (Wildman–Crippen LogP) is 1.34. The quantitative estimate of drug-likeness (QED) is 0.747. The minimum atomic E-state index is 0.290. The molecule has 1 aliphatic heterocycles. The number of nitrogens with one attached hydrogen (secondary N) is 1. The standard InChI is InChI=1S/C11H22N2OS/c1-3-7-13(11(14)9-15-2)8-10-5-4-6-12-10/h10,12H,3-9H2,1-2H3. The van der Waals surface area contributed by atoms with Gasteiger partial charge in [0.15, 0.2) is 0 Å². The van der Waals surface area contributed by atoms with Gasteiger partial charge in [0.1, 0.15) is 0 Å². The van der Waals surface area contributed by atoms with Gasteiger partial charge in [0, 0.05) is 19.1 Å². The van der Waals surface area contributed by atoms with E-state index >= 15 is 0 Å². The number of amides is 1. The van der Waals surface area contributed by atoms with Crippen molar-refractivity contribution >= 4 is 17.7 Å². The zero-order chi connectivity index (χ0) is 11.1. The fourth-order valence-corrected chi connectivity index (χ4v) is 2.41. The molecular formula is C11H22N2OS. The van der Waals surface area contributed by atoms with Crippen LogP contribution in [-0.2, 0) is 4.79 Å². The highest BCUT2D eigenvalue weighted by molar-refractivity contribution is 7.99. The lowest BCUT2D eigenvalue weighted by Gasteiger charge is -2.25. The van der Waals surface area contributed by atoms with Crippen LogP contribution in [0.15, 0.2) is 0 Å². The van der Waals surface area contributed by atoms with Crippen LogP contribution in [0.4, 0.5) is 0 Å². The zero-order valence-electron chi connectivity index (χ0n) is 9.79. The summed E-state index contributed by atoms with van der Waals surface area (Å²) in [4.78, 5) is 13.8. The van der Waals surface area contributed by atoms with E-state index in [9.17, 15) is 4.79 Å². The fraction of sp³-hybridized carbons (Fsp3) is 0.909. The molecule has 1 aliphatic rings. The third kappa shape index (κ3) is 4.43. The molecule has 1 amide bonds. The molecule has 0 aromatic heterocycles. The summed E-state index contributed by atoms with van der Waals surface area (Å²) in [5, 5.41) is 3.44. The molecular weight excluding hydrogens is 208 g/mol. The van der Waals surface area contributed by atoms with Gasteiger partial charge in [-0.05, 0) is 32.1 Å². The molecule has 0 aromatic carbocycles. The monoisotopic (exact) mass is 230 g/mol. The van der Waals surface area contributed by atoms with E-state index < -0.39 is 0 Å². The number of nitrogens with zero attached hydrogens (tertiary/aromatic N) is 1. The lowest BCUT2D eigenvalue weighted by molar-refractivity contribution is -0.128. The minimum absolute atomic E-state index is 0.290. The van der Waals surface area contributed by atoms with Gasteiger partial charge < -0.3 is 10.2 Å². The molecule has 0 aromatic rings. The van der Waals surface area contributed by atoms with Gasteiger partial charge in [-0.25, -0.2) is 0 Å². The second-order valence-electron chi connectivity index (χ2n) is 4.07. The van der Waals surface area contributed by atoms with Gasteiger partial charge in [-0.15, -0.1) is 0 Å².